The Morgan fingerprint density at radius 3 is 2.62 bits per heavy atom. The van der Waals surface area contributed by atoms with Crippen molar-refractivity contribution in [1.82, 2.24) is 0 Å². The summed E-state index contributed by atoms with van der Waals surface area (Å²) in [4.78, 5) is 0. The number of hydrogen-bond donors (Lipinski definition) is 0. The molecule has 0 radical (unpaired) electrons. The SMILES string of the molecule is CCOc1cccc(CCl)c1OCc1ccc(Br)cc1F. The van der Waals surface area contributed by atoms with Gasteiger partial charge >= 0.3 is 0 Å². The standard InChI is InChI=1S/C16H15BrClFO2/c1-2-20-15-5-3-4-11(9-18)16(15)21-10-12-6-7-13(17)8-14(12)19/h3-8H,2,9-10H2,1H3. The number of ether oxygens (including phenoxy) is 2. The molecular formula is C16H15BrClFO2. The number of hydrogen-bond acceptors (Lipinski definition) is 2. The highest BCUT2D eigenvalue weighted by atomic mass is 79.9. The molecule has 2 rings (SSSR count). The summed E-state index contributed by atoms with van der Waals surface area (Å²) in [6.45, 7) is 2.54. The van der Waals surface area contributed by atoms with Crippen LogP contribution in [-0.2, 0) is 12.5 Å². The molecule has 0 saturated heterocycles. The molecule has 21 heavy (non-hydrogen) atoms. The summed E-state index contributed by atoms with van der Waals surface area (Å²) in [5.41, 5.74) is 1.30. The van der Waals surface area contributed by atoms with Gasteiger partial charge in [0, 0.05) is 15.6 Å². The lowest BCUT2D eigenvalue weighted by Gasteiger charge is -2.15. The summed E-state index contributed by atoms with van der Waals surface area (Å²) in [5.74, 6) is 1.18. The van der Waals surface area contributed by atoms with Crippen molar-refractivity contribution >= 4 is 27.5 Å². The molecule has 0 N–H and O–H groups in total. The number of alkyl halides is 1. The van der Waals surface area contributed by atoms with Crippen LogP contribution in [0.4, 0.5) is 4.39 Å². The highest BCUT2D eigenvalue weighted by Gasteiger charge is 2.12. The molecule has 112 valence electrons. The van der Waals surface area contributed by atoms with Crippen LogP contribution >= 0.6 is 27.5 Å². The molecule has 2 aromatic rings. The third-order valence-corrected chi connectivity index (χ3v) is 3.67. The molecule has 0 spiro atoms. The second kappa shape index (κ2) is 7.66. The molecule has 5 heteroatoms. The highest BCUT2D eigenvalue weighted by molar-refractivity contribution is 9.10. The van der Waals surface area contributed by atoms with E-state index >= 15 is 0 Å². The van der Waals surface area contributed by atoms with E-state index in [1.807, 2.05) is 25.1 Å². The van der Waals surface area contributed by atoms with Crippen LogP contribution < -0.4 is 9.47 Å². The first kappa shape index (κ1) is 16.1. The Balaban J connectivity index is 2.22. The Bertz CT molecular complexity index is 619. The Morgan fingerprint density at radius 2 is 1.95 bits per heavy atom. The van der Waals surface area contributed by atoms with Gasteiger partial charge in [0.15, 0.2) is 11.5 Å². The molecule has 0 heterocycles. The van der Waals surface area contributed by atoms with Crippen LogP contribution in [0.25, 0.3) is 0 Å². The smallest absolute Gasteiger partial charge is 0.166 e. The first-order valence-corrected chi connectivity index (χ1v) is 7.85. The molecule has 0 aliphatic heterocycles. The third-order valence-electron chi connectivity index (χ3n) is 2.89. The molecule has 0 aliphatic rings. The van der Waals surface area contributed by atoms with Crippen molar-refractivity contribution in [3.05, 3.63) is 57.8 Å². The molecule has 0 aliphatic carbocycles. The quantitative estimate of drug-likeness (QED) is 0.639. The molecule has 0 saturated carbocycles. The fourth-order valence-electron chi connectivity index (χ4n) is 1.89. The van der Waals surface area contributed by atoms with Crippen molar-refractivity contribution in [2.75, 3.05) is 6.61 Å². The molecule has 0 atom stereocenters. The molecule has 0 bridgehead atoms. The molecule has 2 nitrogen and oxygen atoms in total. The molecule has 0 unspecified atom stereocenters. The van der Waals surface area contributed by atoms with Crippen LogP contribution in [0.15, 0.2) is 40.9 Å². The van der Waals surface area contributed by atoms with E-state index < -0.39 is 0 Å². The zero-order valence-corrected chi connectivity index (χ0v) is 13.9. The third kappa shape index (κ3) is 4.11. The van der Waals surface area contributed by atoms with Crippen molar-refractivity contribution in [1.29, 1.82) is 0 Å². The maximum Gasteiger partial charge on any atom is 0.166 e. The van der Waals surface area contributed by atoms with Crippen LogP contribution in [0.2, 0.25) is 0 Å². The lowest BCUT2D eigenvalue weighted by molar-refractivity contribution is 0.264. The van der Waals surface area contributed by atoms with Gasteiger partial charge in [0.2, 0.25) is 0 Å². The van der Waals surface area contributed by atoms with Crippen molar-refractivity contribution in [3.63, 3.8) is 0 Å². The maximum atomic E-state index is 13.8. The van der Waals surface area contributed by atoms with Crippen LogP contribution in [0.1, 0.15) is 18.1 Å². The van der Waals surface area contributed by atoms with Gasteiger partial charge in [0.1, 0.15) is 12.4 Å². The summed E-state index contributed by atoms with van der Waals surface area (Å²) >= 11 is 9.15. The van der Waals surface area contributed by atoms with Crippen molar-refractivity contribution in [2.45, 2.75) is 19.4 Å². The minimum Gasteiger partial charge on any atom is -0.490 e. The predicted molar refractivity (Wildman–Crippen MR) is 85.6 cm³/mol. The van der Waals surface area contributed by atoms with Gasteiger partial charge in [0.25, 0.3) is 0 Å². The average Bonchev–Trinajstić information content (AvgIpc) is 2.47. The van der Waals surface area contributed by atoms with E-state index in [1.54, 1.807) is 12.1 Å². The van der Waals surface area contributed by atoms with Gasteiger partial charge in [-0.2, -0.15) is 0 Å². The first-order valence-electron chi connectivity index (χ1n) is 6.53. The van der Waals surface area contributed by atoms with Gasteiger partial charge in [-0.1, -0.05) is 34.1 Å². The number of halogens is 3. The Morgan fingerprint density at radius 1 is 1.14 bits per heavy atom. The topological polar surface area (TPSA) is 18.5 Å². The second-order valence-electron chi connectivity index (χ2n) is 4.34. The zero-order chi connectivity index (χ0) is 15.2. The zero-order valence-electron chi connectivity index (χ0n) is 11.5. The molecule has 0 amide bonds. The van der Waals surface area contributed by atoms with Crippen LogP contribution in [0, 0.1) is 5.82 Å². The lowest BCUT2D eigenvalue weighted by Crippen LogP contribution is -2.03. The van der Waals surface area contributed by atoms with Crippen LogP contribution in [0.5, 0.6) is 11.5 Å². The molecular weight excluding hydrogens is 359 g/mol. The number of para-hydroxylation sites is 1. The maximum absolute atomic E-state index is 13.8. The normalized spacial score (nSPS) is 10.5. The second-order valence-corrected chi connectivity index (χ2v) is 5.52. The van der Waals surface area contributed by atoms with E-state index in [4.69, 9.17) is 21.1 Å². The summed E-state index contributed by atoms with van der Waals surface area (Å²) < 4.78 is 25.8. The number of benzene rings is 2. The van der Waals surface area contributed by atoms with Crippen LogP contribution in [0.3, 0.4) is 0 Å². The van der Waals surface area contributed by atoms with Crippen LogP contribution in [-0.4, -0.2) is 6.61 Å². The van der Waals surface area contributed by atoms with E-state index in [0.29, 0.717) is 34.0 Å². The minimum atomic E-state index is -0.314. The van der Waals surface area contributed by atoms with Gasteiger partial charge in [0.05, 0.1) is 12.5 Å². The largest absolute Gasteiger partial charge is 0.490 e. The van der Waals surface area contributed by atoms with E-state index in [0.717, 1.165) is 5.56 Å². The molecule has 0 fully saturated rings. The molecule has 0 aromatic heterocycles. The van der Waals surface area contributed by atoms with Crippen molar-refractivity contribution in [3.8, 4) is 11.5 Å². The van der Waals surface area contributed by atoms with Crippen molar-refractivity contribution < 1.29 is 13.9 Å². The Kier molecular flexibility index (Phi) is 5.88. The fraction of sp³-hybridized carbons (Fsp3) is 0.250. The monoisotopic (exact) mass is 372 g/mol. The predicted octanol–water partition coefficient (Wildman–Crippen LogP) is 5.30. The Hall–Kier alpha value is -1.26. The first-order chi connectivity index (χ1) is 10.2. The highest BCUT2D eigenvalue weighted by Crippen LogP contribution is 2.33. The van der Waals surface area contributed by atoms with Gasteiger partial charge < -0.3 is 9.47 Å². The van der Waals surface area contributed by atoms with E-state index in [1.165, 1.54) is 6.07 Å². The van der Waals surface area contributed by atoms with Gasteiger partial charge in [-0.05, 0) is 25.1 Å². The lowest BCUT2D eigenvalue weighted by atomic mass is 10.2. The summed E-state index contributed by atoms with van der Waals surface area (Å²) in [5, 5.41) is 0. The summed E-state index contributed by atoms with van der Waals surface area (Å²) in [7, 11) is 0. The van der Waals surface area contributed by atoms with Crippen molar-refractivity contribution in [2.24, 2.45) is 0 Å². The van der Waals surface area contributed by atoms with E-state index in [9.17, 15) is 4.39 Å². The van der Waals surface area contributed by atoms with Gasteiger partial charge in [-0.25, -0.2) is 4.39 Å². The minimum absolute atomic E-state index is 0.118. The number of rotatable bonds is 6. The summed E-state index contributed by atoms with van der Waals surface area (Å²) in [6.07, 6.45) is 0. The van der Waals surface area contributed by atoms with Gasteiger partial charge in [-0.15, -0.1) is 11.6 Å². The van der Waals surface area contributed by atoms with E-state index in [2.05, 4.69) is 15.9 Å². The molecule has 2 aromatic carbocycles. The fourth-order valence-corrected chi connectivity index (χ4v) is 2.43. The average molecular weight is 374 g/mol. The van der Waals surface area contributed by atoms with E-state index in [-0.39, 0.29) is 12.4 Å². The summed E-state index contributed by atoms with van der Waals surface area (Å²) in [6, 6.07) is 10.4. The Labute approximate surface area is 137 Å². The van der Waals surface area contributed by atoms with Gasteiger partial charge in [-0.3, -0.25) is 0 Å².